The number of nitrogens with zero attached hydrogens (tertiary/aromatic N) is 3. The zero-order valence-electron chi connectivity index (χ0n) is 13.6. The smallest absolute Gasteiger partial charge is 0.115 e. The van der Waals surface area contributed by atoms with Gasteiger partial charge in [-0.25, -0.2) is 4.98 Å². The van der Waals surface area contributed by atoms with Crippen molar-refractivity contribution in [3.63, 3.8) is 0 Å². The highest BCUT2D eigenvalue weighted by molar-refractivity contribution is 7.98. The lowest BCUT2D eigenvalue weighted by atomic mass is 10.2. The molecule has 1 heterocycles. The second kappa shape index (κ2) is 8.86. The quantitative estimate of drug-likeness (QED) is 0.374. The molecule has 6 heteroatoms. The highest BCUT2D eigenvalue weighted by atomic mass is 35.5. The van der Waals surface area contributed by atoms with Gasteiger partial charge >= 0.3 is 0 Å². The number of benzene rings is 2. The number of thioether (sulfide) groups is 1. The van der Waals surface area contributed by atoms with E-state index in [0.29, 0.717) is 32.0 Å². The van der Waals surface area contributed by atoms with Crippen LogP contribution in [0.3, 0.4) is 0 Å². The van der Waals surface area contributed by atoms with E-state index in [1.165, 1.54) is 17.3 Å². The first-order chi connectivity index (χ1) is 12.7. The lowest BCUT2D eigenvalue weighted by molar-refractivity contribution is 1.10. The van der Waals surface area contributed by atoms with Crippen molar-refractivity contribution in [2.24, 2.45) is 4.99 Å². The first-order valence-electron chi connectivity index (χ1n) is 7.73. The van der Waals surface area contributed by atoms with Gasteiger partial charge in [0, 0.05) is 10.8 Å². The minimum atomic E-state index is 0.473. The Balaban J connectivity index is 1.80. The van der Waals surface area contributed by atoms with Gasteiger partial charge in [0.05, 0.1) is 28.2 Å². The summed E-state index contributed by atoms with van der Waals surface area (Å²) in [5.41, 5.74) is 2.99. The lowest BCUT2D eigenvalue weighted by Gasteiger charge is -2.05. The molecular formula is C20H13Cl2N3S. The Morgan fingerprint density at radius 3 is 2.62 bits per heavy atom. The first-order valence-corrected chi connectivity index (χ1v) is 9.47. The molecule has 26 heavy (non-hydrogen) atoms. The van der Waals surface area contributed by atoms with Crippen LogP contribution in [-0.4, -0.2) is 11.2 Å². The average Bonchev–Trinajstić information content (AvgIpc) is 2.66. The molecule has 3 rings (SSSR count). The molecule has 0 unspecified atom stereocenters. The van der Waals surface area contributed by atoms with Crippen molar-refractivity contribution in [1.29, 1.82) is 5.26 Å². The van der Waals surface area contributed by atoms with Gasteiger partial charge in [0.15, 0.2) is 0 Å². The number of hydrogen-bond acceptors (Lipinski definition) is 4. The van der Waals surface area contributed by atoms with Crippen molar-refractivity contribution in [2.45, 2.75) is 10.8 Å². The summed E-state index contributed by atoms with van der Waals surface area (Å²) in [5.74, 6) is 0.742. The Morgan fingerprint density at radius 1 is 1.08 bits per heavy atom. The van der Waals surface area contributed by atoms with Crippen LogP contribution in [-0.2, 0) is 5.75 Å². The second-order valence-corrected chi connectivity index (χ2v) is 7.14. The van der Waals surface area contributed by atoms with Gasteiger partial charge in [0.2, 0.25) is 0 Å². The molecule has 0 spiro atoms. The molecular weight excluding hydrogens is 385 g/mol. The van der Waals surface area contributed by atoms with E-state index in [2.05, 4.69) is 16.0 Å². The van der Waals surface area contributed by atoms with Gasteiger partial charge in [0.1, 0.15) is 11.1 Å². The third-order valence-corrected chi connectivity index (χ3v) is 5.07. The number of halogens is 2. The van der Waals surface area contributed by atoms with Gasteiger partial charge in [-0.2, -0.15) is 5.26 Å². The van der Waals surface area contributed by atoms with Crippen LogP contribution in [0.15, 0.2) is 70.7 Å². The van der Waals surface area contributed by atoms with Crippen molar-refractivity contribution in [3.8, 4) is 6.07 Å². The Hall–Kier alpha value is -2.32. The van der Waals surface area contributed by atoms with Gasteiger partial charge in [-0.15, -0.1) is 11.8 Å². The fourth-order valence-corrected chi connectivity index (χ4v) is 3.56. The highest BCUT2D eigenvalue weighted by Gasteiger charge is 2.07. The summed E-state index contributed by atoms with van der Waals surface area (Å²) in [6.45, 7) is 0. The predicted octanol–water partition coefficient (Wildman–Crippen LogP) is 6.30. The van der Waals surface area contributed by atoms with Crippen molar-refractivity contribution in [2.75, 3.05) is 0 Å². The third kappa shape index (κ3) is 4.86. The number of hydrogen-bond donors (Lipinski definition) is 0. The maximum Gasteiger partial charge on any atom is 0.115 e. The maximum atomic E-state index is 9.31. The van der Waals surface area contributed by atoms with Crippen LogP contribution in [0.5, 0.6) is 0 Å². The van der Waals surface area contributed by atoms with Crippen LogP contribution in [0, 0.1) is 11.3 Å². The van der Waals surface area contributed by atoms with Gasteiger partial charge in [-0.05, 0) is 35.9 Å². The van der Waals surface area contributed by atoms with Crippen molar-refractivity contribution < 1.29 is 0 Å². The summed E-state index contributed by atoms with van der Waals surface area (Å²) in [6, 6.07) is 20.9. The molecule has 0 saturated heterocycles. The zero-order chi connectivity index (χ0) is 18.4. The fourth-order valence-electron chi connectivity index (χ4n) is 2.17. The van der Waals surface area contributed by atoms with Crippen molar-refractivity contribution >= 4 is 46.9 Å². The number of aromatic nitrogens is 1. The monoisotopic (exact) mass is 397 g/mol. The molecule has 2 aromatic carbocycles. The van der Waals surface area contributed by atoms with E-state index in [9.17, 15) is 5.26 Å². The topological polar surface area (TPSA) is 49.0 Å². The van der Waals surface area contributed by atoms with Gasteiger partial charge in [-0.3, -0.25) is 4.99 Å². The summed E-state index contributed by atoms with van der Waals surface area (Å²) in [4.78, 5) is 8.90. The van der Waals surface area contributed by atoms with E-state index in [1.54, 1.807) is 36.5 Å². The molecule has 0 atom stereocenters. The summed E-state index contributed by atoms with van der Waals surface area (Å²) >= 11 is 13.5. The molecule has 0 aliphatic heterocycles. The highest BCUT2D eigenvalue weighted by Crippen LogP contribution is 2.28. The SMILES string of the molecule is N#Cc1ccc(C=Nc2ccc(Cl)cc2Cl)nc1SCc1ccccc1. The van der Waals surface area contributed by atoms with E-state index >= 15 is 0 Å². The Kier molecular flexibility index (Phi) is 6.30. The van der Waals surface area contributed by atoms with Crippen LogP contribution in [0.2, 0.25) is 10.0 Å². The molecule has 1 aromatic heterocycles. The molecule has 128 valence electrons. The largest absolute Gasteiger partial charge is 0.253 e. The van der Waals surface area contributed by atoms with Crippen LogP contribution < -0.4 is 0 Å². The molecule has 0 aliphatic rings. The van der Waals surface area contributed by atoms with Crippen LogP contribution in [0.25, 0.3) is 0 Å². The average molecular weight is 398 g/mol. The lowest BCUT2D eigenvalue weighted by Crippen LogP contribution is -1.94. The first kappa shape index (κ1) is 18.5. The summed E-state index contributed by atoms with van der Waals surface area (Å²) < 4.78 is 0. The van der Waals surface area contributed by atoms with Gasteiger partial charge < -0.3 is 0 Å². The van der Waals surface area contributed by atoms with E-state index in [4.69, 9.17) is 23.2 Å². The van der Waals surface area contributed by atoms with Crippen molar-refractivity contribution in [1.82, 2.24) is 4.98 Å². The number of aliphatic imine (C=N–C) groups is 1. The second-order valence-electron chi connectivity index (χ2n) is 5.33. The predicted molar refractivity (Wildman–Crippen MR) is 109 cm³/mol. The number of pyridine rings is 1. The molecule has 3 aromatic rings. The minimum Gasteiger partial charge on any atom is -0.253 e. The number of rotatable bonds is 5. The Bertz CT molecular complexity index is 982. The molecule has 0 amide bonds. The summed E-state index contributed by atoms with van der Waals surface area (Å²) in [7, 11) is 0. The zero-order valence-corrected chi connectivity index (χ0v) is 15.9. The molecule has 0 aliphatic carbocycles. The van der Waals surface area contributed by atoms with Crippen LogP contribution in [0.4, 0.5) is 5.69 Å². The molecule has 3 nitrogen and oxygen atoms in total. The molecule has 0 bridgehead atoms. The third-order valence-electron chi connectivity index (χ3n) is 3.47. The Morgan fingerprint density at radius 2 is 1.88 bits per heavy atom. The normalized spacial score (nSPS) is 10.8. The Labute approximate surface area is 166 Å². The number of nitriles is 1. The molecule has 0 saturated carbocycles. The van der Waals surface area contributed by atoms with E-state index in [1.807, 2.05) is 30.3 Å². The van der Waals surface area contributed by atoms with E-state index in [0.717, 1.165) is 5.75 Å². The van der Waals surface area contributed by atoms with E-state index < -0.39 is 0 Å². The van der Waals surface area contributed by atoms with Crippen LogP contribution >= 0.6 is 35.0 Å². The van der Waals surface area contributed by atoms with Gasteiger partial charge in [0.25, 0.3) is 0 Å². The van der Waals surface area contributed by atoms with E-state index in [-0.39, 0.29) is 0 Å². The fraction of sp³-hybridized carbons (Fsp3) is 0.0500. The molecule has 0 radical (unpaired) electrons. The van der Waals surface area contributed by atoms with Crippen molar-refractivity contribution in [3.05, 3.63) is 87.5 Å². The van der Waals surface area contributed by atoms with Gasteiger partial charge in [-0.1, -0.05) is 53.5 Å². The molecule has 0 fully saturated rings. The van der Waals surface area contributed by atoms with Crippen LogP contribution in [0.1, 0.15) is 16.8 Å². The minimum absolute atomic E-state index is 0.473. The summed E-state index contributed by atoms with van der Waals surface area (Å²) in [6.07, 6.45) is 1.63. The summed E-state index contributed by atoms with van der Waals surface area (Å²) in [5, 5.41) is 11.0. The standard InChI is InChI=1S/C20H13Cl2N3S/c21-16-7-9-19(18(22)10-16)24-12-17-8-6-15(11-23)20(25-17)26-13-14-4-2-1-3-5-14/h1-10,12H,13H2. The molecule has 0 N–H and O–H groups in total. The maximum absolute atomic E-state index is 9.31.